The molecule has 1 aliphatic heterocycles. The molecule has 1 fully saturated rings. The Morgan fingerprint density at radius 2 is 2.13 bits per heavy atom. The summed E-state index contributed by atoms with van der Waals surface area (Å²) in [4.78, 5) is 0.754. The van der Waals surface area contributed by atoms with Gasteiger partial charge in [0.1, 0.15) is 0 Å². The molecule has 1 aromatic carbocycles. The Labute approximate surface area is 138 Å². The van der Waals surface area contributed by atoms with Crippen LogP contribution in [0.4, 0.5) is 14.5 Å². The average molecular weight is 335 g/mol. The van der Waals surface area contributed by atoms with E-state index in [1.807, 2.05) is 18.2 Å². The molecule has 0 bridgehead atoms. The molecule has 2 nitrogen and oxygen atoms in total. The van der Waals surface area contributed by atoms with Crippen LogP contribution in [0.25, 0.3) is 10.1 Å². The maximum absolute atomic E-state index is 12.9. The van der Waals surface area contributed by atoms with E-state index in [0.29, 0.717) is 11.6 Å². The van der Waals surface area contributed by atoms with Crippen LogP contribution in [0.2, 0.25) is 0 Å². The molecule has 0 spiro atoms. The van der Waals surface area contributed by atoms with Crippen LogP contribution in [0.3, 0.4) is 0 Å². The van der Waals surface area contributed by atoms with Crippen LogP contribution < -0.4 is 5.32 Å². The van der Waals surface area contributed by atoms with Gasteiger partial charge in [0.15, 0.2) is 0 Å². The lowest BCUT2D eigenvalue weighted by molar-refractivity contribution is 0.0905. The van der Waals surface area contributed by atoms with Gasteiger partial charge in [-0.1, -0.05) is 18.1 Å². The van der Waals surface area contributed by atoms with Crippen molar-refractivity contribution in [1.29, 1.82) is 0 Å². The first-order valence-electron chi connectivity index (χ1n) is 7.78. The zero-order valence-corrected chi connectivity index (χ0v) is 13.8. The van der Waals surface area contributed by atoms with Crippen LogP contribution in [-0.2, 0) is 11.2 Å². The molecule has 3 rings (SSSR count). The van der Waals surface area contributed by atoms with Crippen molar-refractivity contribution in [1.82, 2.24) is 0 Å². The van der Waals surface area contributed by atoms with Gasteiger partial charge < -0.3 is 10.1 Å². The monoisotopic (exact) mass is 335 g/mol. The van der Waals surface area contributed by atoms with Crippen LogP contribution in [0.1, 0.15) is 30.2 Å². The standard InChI is InChI=1S/C18H19F2NOS/c1-2-4-16-14(11-17(19)20)13-5-3-6-15(18(13)23-16)21-12-7-9-22-10-8-12/h3,5-6,12,17,21H,7-11H2,1H3. The Kier molecular flexibility index (Phi) is 5.14. The molecule has 5 heteroatoms. The highest BCUT2D eigenvalue weighted by molar-refractivity contribution is 7.20. The number of rotatable bonds is 4. The summed E-state index contributed by atoms with van der Waals surface area (Å²) in [5, 5.41) is 4.45. The molecule has 0 aliphatic carbocycles. The van der Waals surface area contributed by atoms with Crippen LogP contribution in [-0.4, -0.2) is 25.7 Å². The van der Waals surface area contributed by atoms with Crippen LogP contribution in [0, 0.1) is 11.8 Å². The van der Waals surface area contributed by atoms with Gasteiger partial charge in [0.05, 0.1) is 15.3 Å². The van der Waals surface area contributed by atoms with Gasteiger partial charge in [-0.15, -0.1) is 17.3 Å². The zero-order chi connectivity index (χ0) is 16.2. The summed E-state index contributed by atoms with van der Waals surface area (Å²) in [6, 6.07) is 6.23. The molecule has 0 amide bonds. The quantitative estimate of drug-likeness (QED) is 0.820. The second-order valence-corrected chi connectivity index (χ2v) is 6.61. The minimum Gasteiger partial charge on any atom is -0.381 e. The third kappa shape index (κ3) is 3.65. The van der Waals surface area contributed by atoms with Crippen molar-refractivity contribution in [3.05, 3.63) is 28.6 Å². The van der Waals surface area contributed by atoms with Crippen LogP contribution >= 0.6 is 11.3 Å². The van der Waals surface area contributed by atoms with Crippen molar-refractivity contribution in [3.8, 4) is 11.8 Å². The zero-order valence-electron chi connectivity index (χ0n) is 13.0. The highest BCUT2D eigenvalue weighted by atomic mass is 32.1. The van der Waals surface area contributed by atoms with Gasteiger partial charge in [-0.05, 0) is 36.8 Å². The molecule has 23 heavy (non-hydrogen) atoms. The average Bonchev–Trinajstić information content (AvgIpc) is 2.87. The van der Waals surface area contributed by atoms with Crippen molar-refractivity contribution in [2.24, 2.45) is 0 Å². The molecular formula is C18H19F2NOS. The minimum absolute atomic E-state index is 0.245. The fourth-order valence-electron chi connectivity index (χ4n) is 2.92. The normalized spacial score (nSPS) is 15.7. The van der Waals surface area contributed by atoms with E-state index in [1.165, 1.54) is 11.3 Å². The summed E-state index contributed by atoms with van der Waals surface area (Å²) in [6.45, 7) is 3.26. The van der Waals surface area contributed by atoms with Crippen LogP contribution in [0.15, 0.2) is 18.2 Å². The van der Waals surface area contributed by atoms with Gasteiger partial charge in [-0.3, -0.25) is 0 Å². The molecule has 0 unspecified atom stereocenters. The summed E-state index contributed by atoms with van der Waals surface area (Å²) in [5.41, 5.74) is 1.68. The number of benzene rings is 1. The number of alkyl halides is 2. The lowest BCUT2D eigenvalue weighted by Crippen LogP contribution is -2.27. The summed E-state index contributed by atoms with van der Waals surface area (Å²) < 4.78 is 32.3. The maximum Gasteiger partial charge on any atom is 0.242 e. The highest BCUT2D eigenvalue weighted by Gasteiger charge is 2.19. The number of fused-ring (bicyclic) bond motifs is 1. The predicted octanol–water partition coefficient (Wildman–Crippen LogP) is 4.67. The summed E-state index contributed by atoms with van der Waals surface area (Å²) >= 11 is 1.50. The number of hydrogen-bond donors (Lipinski definition) is 1. The first-order chi connectivity index (χ1) is 11.2. The molecule has 122 valence electrons. The molecule has 2 heterocycles. The molecule has 0 radical (unpaired) electrons. The van der Waals surface area contributed by atoms with E-state index in [1.54, 1.807) is 6.92 Å². The molecule has 1 saturated heterocycles. The molecule has 0 atom stereocenters. The number of nitrogens with one attached hydrogen (secondary N) is 1. The van der Waals surface area contributed by atoms with Gasteiger partial charge in [0.2, 0.25) is 6.43 Å². The van der Waals surface area contributed by atoms with E-state index < -0.39 is 6.43 Å². The number of ether oxygens (including phenoxy) is 1. The number of thiophene rings is 1. The Hall–Kier alpha value is -1.64. The second-order valence-electron chi connectivity index (χ2n) is 5.59. The third-order valence-corrected chi connectivity index (χ3v) is 5.19. The van der Waals surface area contributed by atoms with E-state index in [2.05, 4.69) is 17.2 Å². The Morgan fingerprint density at radius 1 is 1.35 bits per heavy atom. The third-order valence-electron chi connectivity index (χ3n) is 4.00. The van der Waals surface area contributed by atoms with Gasteiger partial charge in [0.25, 0.3) is 0 Å². The second kappa shape index (κ2) is 7.29. The number of hydrogen-bond acceptors (Lipinski definition) is 3. The largest absolute Gasteiger partial charge is 0.381 e. The van der Waals surface area contributed by atoms with Gasteiger partial charge in [-0.25, -0.2) is 8.78 Å². The molecular weight excluding hydrogens is 316 g/mol. The molecule has 2 aromatic rings. The van der Waals surface area contributed by atoms with Crippen molar-refractivity contribution < 1.29 is 13.5 Å². The molecule has 1 aliphatic rings. The Balaban J connectivity index is 2.00. The van der Waals surface area contributed by atoms with Crippen LogP contribution in [0.5, 0.6) is 0 Å². The molecule has 1 N–H and O–H groups in total. The van der Waals surface area contributed by atoms with Crippen molar-refractivity contribution >= 4 is 27.1 Å². The van der Waals surface area contributed by atoms with Crippen molar-refractivity contribution in [2.75, 3.05) is 18.5 Å². The van der Waals surface area contributed by atoms with Crippen molar-refractivity contribution in [2.45, 2.75) is 38.7 Å². The fraction of sp³-hybridized carbons (Fsp3) is 0.444. The number of anilines is 1. The maximum atomic E-state index is 12.9. The van der Waals surface area contributed by atoms with E-state index in [0.717, 1.165) is 46.7 Å². The molecule has 1 aromatic heterocycles. The first-order valence-corrected chi connectivity index (χ1v) is 8.60. The lowest BCUT2D eigenvalue weighted by atomic mass is 10.1. The summed E-state index contributed by atoms with van der Waals surface area (Å²) in [6.07, 6.45) is -0.678. The van der Waals surface area contributed by atoms with E-state index in [9.17, 15) is 8.78 Å². The lowest BCUT2D eigenvalue weighted by Gasteiger charge is -2.24. The van der Waals surface area contributed by atoms with Gasteiger partial charge >= 0.3 is 0 Å². The Morgan fingerprint density at radius 3 is 2.83 bits per heavy atom. The topological polar surface area (TPSA) is 21.3 Å². The highest BCUT2D eigenvalue weighted by Crippen LogP contribution is 2.37. The van der Waals surface area contributed by atoms with E-state index in [4.69, 9.17) is 4.74 Å². The summed E-state index contributed by atoms with van der Waals surface area (Å²) in [5.74, 6) is 5.83. The minimum atomic E-state index is -2.36. The predicted molar refractivity (Wildman–Crippen MR) is 91.5 cm³/mol. The SMILES string of the molecule is CC#Cc1sc2c(NC3CCOCC3)cccc2c1CC(F)F. The van der Waals surface area contributed by atoms with E-state index in [-0.39, 0.29) is 6.42 Å². The fourth-order valence-corrected chi connectivity index (χ4v) is 4.13. The Bertz CT molecular complexity index is 739. The smallest absolute Gasteiger partial charge is 0.242 e. The molecule has 0 saturated carbocycles. The van der Waals surface area contributed by atoms with E-state index >= 15 is 0 Å². The number of halogens is 2. The van der Waals surface area contributed by atoms with Crippen molar-refractivity contribution in [3.63, 3.8) is 0 Å². The van der Waals surface area contributed by atoms with Gasteiger partial charge in [0, 0.05) is 25.7 Å². The summed E-state index contributed by atoms with van der Waals surface area (Å²) in [7, 11) is 0. The van der Waals surface area contributed by atoms with Gasteiger partial charge in [-0.2, -0.15) is 0 Å². The first kappa shape index (κ1) is 16.2.